The van der Waals surface area contributed by atoms with Crippen LogP contribution in [-0.2, 0) is 21.3 Å². The Balaban J connectivity index is 1.47. The first-order chi connectivity index (χ1) is 12.6. The van der Waals surface area contributed by atoms with Gasteiger partial charge in [-0.1, -0.05) is 0 Å². The largest absolute Gasteiger partial charge is 0.378 e. The first-order valence-electron chi connectivity index (χ1n) is 9.28. The molecule has 2 aliphatic heterocycles. The lowest BCUT2D eigenvalue weighted by molar-refractivity contribution is 0.122. The minimum absolute atomic E-state index is 0.134. The molecule has 0 radical (unpaired) electrons. The van der Waals surface area contributed by atoms with Gasteiger partial charge in [0.2, 0.25) is 0 Å². The number of hydrogen-bond donors (Lipinski definition) is 0. The van der Waals surface area contributed by atoms with Crippen LogP contribution in [0.4, 0.5) is 10.3 Å². The summed E-state index contributed by atoms with van der Waals surface area (Å²) in [5, 5.41) is 2.30. The number of rotatable bonds is 2. The van der Waals surface area contributed by atoms with Gasteiger partial charge in [0.15, 0.2) is 10.3 Å². The highest BCUT2D eigenvalue weighted by Gasteiger charge is 2.40. The van der Waals surface area contributed by atoms with Crippen molar-refractivity contribution in [2.45, 2.75) is 25.7 Å². The van der Waals surface area contributed by atoms with Crippen molar-refractivity contribution in [2.75, 3.05) is 62.4 Å². The van der Waals surface area contributed by atoms with E-state index >= 15 is 0 Å². The summed E-state index contributed by atoms with van der Waals surface area (Å²) in [7, 11) is 0. The summed E-state index contributed by atoms with van der Waals surface area (Å²) in [6.07, 6.45) is 0.970. The Morgan fingerprint density at radius 1 is 0.769 bits per heavy atom. The molecule has 0 saturated carbocycles. The molecule has 2 fully saturated rings. The summed E-state index contributed by atoms with van der Waals surface area (Å²) in [6, 6.07) is 0. The maximum Gasteiger partial charge on any atom is 0.185 e. The Bertz CT molecular complexity index is 740. The summed E-state index contributed by atoms with van der Waals surface area (Å²) >= 11 is 3.71. The molecular formula is C18H24N4O2S2. The molecule has 6 nitrogen and oxygen atoms in total. The Morgan fingerprint density at radius 2 is 1.19 bits per heavy atom. The van der Waals surface area contributed by atoms with Crippen LogP contribution in [0.5, 0.6) is 0 Å². The molecule has 2 saturated heterocycles. The number of hydrogen-bond acceptors (Lipinski definition) is 8. The molecule has 0 spiro atoms. The summed E-state index contributed by atoms with van der Waals surface area (Å²) in [6.45, 7) is 11.5. The second-order valence-electron chi connectivity index (χ2n) is 7.54. The number of nitrogens with zero attached hydrogens (tertiary/aromatic N) is 4. The minimum atomic E-state index is -0.134. The van der Waals surface area contributed by atoms with Crippen molar-refractivity contribution in [1.82, 2.24) is 9.97 Å². The summed E-state index contributed by atoms with van der Waals surface area (Å²) in [4.78, 5) is 17.7. The summed E-state index contributed by atoms with van der Waals surface area (Å²) < 4.78 is 11.0. The van der Waals surface area contributed by atoms with Crippen molar-refractivity contribution in [1.29, 1.82) is 0 Å². The van der Waals surface area contributed by atoms with Gasteiger partial charge in [0, 0.05) is 42.4 Å². The van der Waals surface area contributed by atoms with E-state index < -0.39 is 0 Å². The Morgan fingerprint density at radius 3 is 1.62 bits per heavy atom. The van der Waals surface area contributed by atoms with E-state index in [1.54, 1.807) is 0 Å². The minimum Gasteiger partial charge on any atom is -0.378 e. The molecule has 8 heteroatoms. The van der Waals surface area contributed by atoms with Crippen LogP contribution in [0.3, 0.4) is 0 Å². The highest BCUT2D eigenvalue weighted by molar-refractivity contribution is 7.17. The first-order valence-corrected chi connectivity index (χ1v) is 10.9. The van der Waals surface area contributed by atoms with E-state index in [0.29, 0.717) is 0 Å². The van der Waals surface area contributed by atoms with Crippen LogP contribution >= 0.6 is 22.7 Å². The molecule has 0 bridgehead atoms. The monoisotopic (exact) mass is 392 g/mol. The van der Waals surface area contributed by atoms with Crippen LogP contribution in [0.15, 0.2) is 0 Å². The van der Waals surface area contributed by atoms with E-state index in [0.717, 1.165) is 69.3 Å². The number of ether oxygens (including phenoxy) is 2. The van der Waals surface area contributed by atoms with Gasteiger partial charge in [-0.3, -0.25) is 0 Å². The fourth-order valence-electron chi connectivity index (χ4n) is 3.93. The van der Waals surface area contributed by atoms with Gasteiger partial charge >= 0.3 is 0 Å². The molecule has 0 unspecified atom stereocenters. The average molecular weight is 393 g/mol. The van der Waals surface area contributed by atoms with Crippen molar-refractivity contribution in [3.8, 4) is 0 Å². The van der Waals surface area contributed by atoms with Gasteiger partial charge in [-0.2, -0.15) is 0 Å². The van der Waals surface area contributed by atoms with Crippen molar-refractivity contribution in [3.05, 3.63) is 21.1 Å². The lowest BCUT2D eigenvalue weighted by Crippen LogP contribution is -2.36. The Hall–Kier alpha value is -1.22. The van der Waals surface area contributed by atoms with Crippen molar-refractivity contribution in [2.24, 2.45) is 0 Å². The van der Waals surface area contributed by atoms with E-state index in [9.17, 15) is 0 Å². The van der Waals surface area contributed by atoms with Crippen molar-refractivity contribution < 1.29 is 9.47 Å². The van der Waals surface area contributed by atoms with Crippen LogP contribution < -0.4 is 9.80 Å². The lowest BCUT2D eigenvalue weighted by Gasteiger charge is -2.28. The zero-order valence-corrected chi connectivity index (χ0v) is 16.9. The second kappa shape index (κ2) is 6.44. The van der Waals surface area contributed by atoms with Gasteiger partial charge in [0.1, 0.15) is 0 Å². The molecule has 3 aliphatic rings. The second-order valence-corrected chi connectivity index (χ2v) is 9.66. The lowest BCUT2D eigenvalue weighted by atomic mass is 9.80. The molecule has 0 aromatic carbocycles. The van der Waals surface area contributed by atoms with E-state index in [4.69, 9.17) is 19.4 Å². The van der Waals surface area contributed by atoms with Crippen molar-refractivity contribution in [3.63, 3.8) is 0 Å². The third-order valence-corrected chi connectivity index (χ3v) is 7.67. The summed E-state index contributed by atoms with van der Waals surface area (Å²) in [5.74, 6) is 0. The highest BCUT2D eigenvalue weighted by Crippen LogP contribution is 2.47. The molecule has 0 amide bonds. The van der Waals surface area contributed by atoms with Gasteiger partial charge < -0.3 is 19.3 Å². The van der Waals surface area contributed by atoms with E-state index in [1.807, 2.05) is 22.7 Å². The maximum absolute atomic E-state index is 5.49. The molecule has 5 rings (SSSR count). The fraction of sp³-hybridized carbons (Fsp3) is 0.667. The SMILES string of the molecule is CC1(C)c2nc(N3CCOCC3)sc2Cc2sc(N3CCOCC3)nc21. The molecule has 0 N–H and O–H groups in total. The average Bonchev–Trinajstić information content (AvgIpc) is 3.29. The maximum atomic E-state index is 5.49. The Labute approximate surface area is 161 Å². The zero-order valence-electron chi connectivity index (χ0n) is 15.3. The van der Waals surface area contributed by atoms with Crippen molar-refractivity contribution >= 4 is 32.9 Å². The van der Waals surface area contributed by atoms with E-state index in [1.165, 1.54) is 21.1 Å². The van der Waals surface area contributed by atoms with Crippen LogP contribution in [0, 0.1) is 0 Å². The predicted molar refractivity (Wildman–Crippen MR) is 105 cm³/mol. The number of morpholine rings is 2. The molecule has 1 aliphatic carbocycles. The molecule has 4 heterocycles. The normalized spacial score (nSPS) is 22.2. The zero-order chi connectivity index (χ0) is 17.7. The number of thiazole rings is 2. The third kappa shape index (κ3) is 2.74. The van der Waals surface area contributed by atoms with E-state index in [-0.39, 0.29) is 5.41 Å². The Kier molecular flexibility index (Phi) is 4.19. The van der Waals surface area contributed by atoms with Crippen LogP contribution in [0.1, 0.15) is 35.0 Å². The molecule has 0 atom stereocenters. The molecular weight excluding hydrogens is 368 g/mol. The van der Waals surface area contributed by atoms with Gasteiger partial charge in [0.25, 0.3) is 0 Å². The number of fused-ring (bicyclic) bond motifs is 2. The molecule has 2 aromatic rings. The highest BCUT2D eigenvalue weighted by atomic mass is 32.1. The van der Waals surface area contributed by atoms with Gasteiger partial charge in [-0.05, 0) is 13.8 Å². The van der Waals surface area contributed by atoms with Gasteiger partial charge in [-0.15, -0.1) is 22.7 Å². The smallest absolute Gasteiger partial charge is 0.185 e. The van der Waals surface area contributed by atoms with E-state index in [2.05, 4.69) is 23.6 Å². The van der Waals surface area contributed by atoms with Crippen LogP contribution in [0.25, 0.3) is 0 Å². The summed E-state index contributed by atoms with van der Waals surface area (Å²) in [5.41, 5.74) is 2.30. The third-order valence-electron chi connectivity index (χ3n) is 5.44. The topological polar surface area (TPSA) is 50.7 Å². The molecule has 26 heavy (non-hydrogen) atoms. The quantitative estimate of drug-likeness (QED) is 0.783. The number of aromatic nitrogens is 2. The molecule has 2 aromatic heterocycles. The van der Waals surface area contributed by atoms with Crippen LogP contribution in [-0.4, -0.2) is 62.6 Å². The number of anilines is 2. The molecule has 140 valence electrons. The van der Waals surface area contributed by atoms with Gasteiger partial charge in [0.05, 0.1) is 43.2 Å². The predicted octanol–water partition coefficient (Wildman–Crippen LogP) is 2.50. The van der Waals surface area contributed by atoms with Crippen LogP contribution in [0.2, 0.25) is 0 Å². The van der Waals surface area contributed by atoms with Gasteiger partial charge in [-0.25, -0.2) is 9.97 Å². The fourth-order valence-corrected chi connectivity index (χ4v) is 6.59. The first kappa shape index (κ1) is 16.9. The standard InChI is InChI=1S/C18H24N4O2S2/c1-18(2)14-12(25-16(19-14)21-3-7-23-8-4-21)11-13-15(18)20-17(26-13)22-5-9-24-10-6-22/h3-11H2,1-2H3.